The minimum absolute atomic E-state index is 0.191. The van der Waals surface area contributed by atoms with Crippen LogP contribution in [0.15, 0.2) is 253 Å². The molecule has 0 atom stereocenters. The first-order chi connectivity index (χ1) is 34.7. The summed E-state index contributed by atoms with van der Waals surface area (Å²) in [5.74, 6) is -0.325. The van der Waals surface area contributed by atoms with Crippen LogP contribution in [0.4, 0.5) is 0 Å². The molecule has 8 aromatic carbocycles. The van der Waals surface area contributed by atoms with E-state index in [0.29, 0.717) is 11.1 Å². The van der Waals surface area contributed by atoms with Gasteiger partial charge in [-0.05, 0) is 31.2 Å². The molecule has 0 radical (unpaired) electrons. The number of carbonyl (C=O) groups excluding carboxylic acids is 1. The van der Waals surface area contributed by atoms with Crippen LogP contribution in [0.1, 0.15) is 21.6 Å². The van der Waals surface area contributed by atoms with Crippen molar-refractivity contribution in [2.45, 2.75) is 6.92 Å². The first-order valence-electron chi connectivity index (χ1n) is 21.9. The molecular weight excluding hydrogens is 1160 g/mol. The number of aliphatic hydroxyl groups is 2. The number of amides is 1. The number of para-hydroxylation sites is 1. The number of rotatable bonds is 10. The fraction of sp³-hybridized carbons (Fsp3) is 0.0702. The normalized spacial score (nSPS) is 10.3. The van der Waals surface area contributed by atoms with Crippen molar-refractivity contribution in [3.8, 4) is 5.69 Å². The molecule has 9 rings (SSSR count). The van der Waals surface area contributed by atoms with Gasteiger partial charge in [-0.3, -0.25) is 14.3 Å². The molecule has 9 aromatic rings. The number of benzene rings is 8. The summed E-state index contributed by atoms with van der Waals surface area (Å²) in [5, 5.41) is 17.9. The summed E-state index contributed by atoms with van der Waals surface area (Å²) in [5.41, 5.74) is 4.71. The van der Waals surface area contributed by atoms with E-state index in [1.807, 2.05) is 50.4 Å². The van der Waals surface area contributed by atoms with E-state index < -0.39 is 42.3 Å². The quantitative estimate of drug-likeness (QED) is 0.0735. The molecule has 8 nitrogen and oxygen atoms in total. The van der Waals surface area contributed by atoms with Crippen molar-refractivity contribution in [2.75, 3.05) is 14.2 Å². The van der Waals surface area contributed by atoms with Crippen molar-refractivity contribution in [1.29, 1.82) is 0 Å². The molecule has 3 N–H and O–H groups in total. The minimum atomic E-state index is -1.75. The molecule has 14 heteroatoms. The van der Waals surface area contributed by atoms with Gasteiger partial charge in [0.15, 0.2) is 0 Å². The maximum atomic E-state index is 12.7. The van der Waals surface area contributed by atoms with E-state index in [-0.39, 0.29) is 11.5 Å². The molecule has 0 aliphatic carbocycles. The second-order valence-electron chi connectivity index (χ2n) is 14.4. The van der Waals surface area contributed by atoms with Crippen molar-refractivity contribution >= 4 is 96.6 Å². The Balaban J connectivity index is 0.000000217. The van der Waals surface area contributed by atoms with Crippen molar-refractivity contribution in [3.05, 3.63) is 270 Å². The van der Waals surface area contributed by atoms with Gasteiger partial charge < -0.3 is 10.2 Å². The fourth-order valence-corrected chi connectivity index (χ4v) is 16.6. The van der Waals surface area contributed by atoms with E-state index in [0.717, 1.165) is 25.6 Å². The van der Waals surface area contributed by atoms with E-state index >= 15 is 0 Å². The van der Waals surface area contributed by atoms with Crippen molar-refractivity contribution in [1.82, 2.24) is 14.8 Å². The monoisotopic (exact) mass is 1220 g/mol. The Bertz CT molecular complexity index is 2620. The predicted octanol–water partition coefficient (Wildman–Crippen LogP) is 7.94. The number of aromatic nitrogens is 2. The third-order valence-electron chi connectivity index (χ3n) is 10.1. The van der Waals surface area contributed by atoms with Crippen LogP contribution < -0.4 is 37.1 Å². The molecule has 0 aliphatic rings. The molecule has 1 amide bonds. The molecule has 367 valence electrons. The number of aliphatic hydroxyl groups excluding tert-OH is 2. The third kappa shape index (κ3) is 18.5. The Morgan fingerprint density at radius 1 is 0.493 bits per heavy atom. The number of nitrogens with one attached hydrogen (secondary N) is 1. The molecule has 1 aromatic heterocycles. The first kappa shape index (κ1) is 58.0. The second-order valence-corrected chi connectivity index (χ2v) is 31.6. The zero-order chi connectivity index (χ0) is 51.2. The maximum absolute atomic E-state index is 12.7. The molecule has 1 heterocycles. The Hall–Kier alpha value is -5.56. The van der Waals surface area contributed by atoms with Crippen LogP contribution in [0.5, 0.6) is 0 Å². The topological polar surface area (TPSA) is 109 Å². The fourth-order valence-electron chi connectivity index (χ4n) is 6.90. The third-order valence-corrected chi connectivity index (χ3v) is 20.3. The molecule has 0 saturated heterocycles. The summed E-state index contributed by atoms with van der Waals surface area (Å²) in [6, 6.07) is 83.5. The van der Waals surface area contributed by atoms with Crippen molar-refractivity contribution < 1.29 is 28.0 Å². The molecule has 71 heavy (non-hydrogen) atoms. The van der Waals surface area contributed by atoms with E-state index in [1.165, 1.54) is 32.3 Å². The van der Waals surface area contributed by atoms with Crippen molar-refractivity contribution in [2.24, 2.45) is 12.1 Å². The Morgan fingerprint density at radius 3 is 1.03 bits per heavy atom. The number of hydrazone groups is 1. The van der Waals surface area contributed by atoms with Crippen LogP contribution in [-0.2, 0) is 20.0 Å². The SMILES string of the molecule is CO.CO.Cc1c(/C=N/NC(=O)c2ccccc2)c(=O)n(-c2ccccc2)n1C.[Cl][Ru]([Cl])[Cl].c1ccc([As](c2ccccc2)c2ccccc2)cc1.c1ccc([As](c2ccccc2)c2ccccc2)cc1. The van der Waals surface area contributed by atoms with Gasteiger partial charge in [0, 0.05) is 32.5 Å². The summed E-state index contributed by atoms with van der Waals surface area (Å²) in [7, 11) is 18.7. The van der Waals surface area contributed by atoms with Gasteiger partial charge in [0.05, 0.1) is 17.5 Å². The van der Waals surface area contributed by atoms with Gasteiger partial charge in [-0.2, -0.15) is 5.10 Å². The molecule has 0 spiro atoms. The van der Waals surface area contributed by atoms with Gasteiger partial charge in [0.1, 0.15) is 0 Å². The summed E-state index contributed by atoms with van der Waals surface area (Å²) in [6.07, 6.45) is 1.39. The van der Waals surface area contributed by atoms with Gasteiger partial charge >= 0.3 is 279 Å². The molecular formula is C57H56As2Cl3N4O4Ru. The van der Waals surface area contributed by atoms with Crippen LogP contribution in [0.2, 0.25) is 0 Å². The average molecular weight is 1220 g/mol. The van der Waals surface area contributed by atoms with Crippen LogP contribution >= 0.6 is 29.1 Å². The van der Waals surface area contributed by atoms with Crippen LogP contribution in [0.25, 0.3) is 5.69 Å². The van der Waals surface area contributed by atoms with Crippen molar-refractivity contribution in [3.63, 3.8) is 0 Å². The predicted molar refractivity (Wildman–Crippen MR) is 299 cm³/mol. The standard InChI is InChI=1S/C19H18N4O2.2C18H15As.2CH4O.3ClH.Ru/c1-14-17(13-20-21-18(24)15-9-5-3-6-10-15)19(25)23(22(14)2)16-11-7-4-8-12-16;2*1-4-10-16(11-5-1)19(17-12-6-2-7-13-17)18-14-8-3-9-15-18;2*1-2;;;;/h3-13H,1-2H3,(H,21,24);2*1-15H;2*2H,1H3;3*1H;/q;;;;;;;;+3/p-3/b20-13+;;;;;;;;. The Morgan fingerprint density at radius 2 is 0.746 bits per heavy atom. The summed E-state index contributed by atoms with van der Waals surface area (Å²) in [6.45, 7) is 1.83. The van der Waals surface area contributed by atoms with Gasteiger partial charge in [0.2, 0.25) is 0 Å². The summed E-state index contributed by atoms with van der Waals surface area (Å²) in [4.78, 5) is 24.7. The van der Waals surface area contributed by atoms with E-state index in [4.69, 9.17) is 39.3 Å². The van der Waals surface area contributed by atoms with Crippen LogP contribution in [0, 0.1) is 6.92 Å². The van der Waals surface area contributed by atoms with Gasteiger partial charge in [-0.1, -0.05) is 36.4 Å². The number of nitrogens with zero attached hydrogens (tertiary/aromatic N) is 3. The number of carbonyl (C=O) groups is 1. The van der Waals surface area contributed by atoms with Crippen LogP contribution in [-0.4, -0.2) is 75.2 Å². The number of hydrogen-bond donors (Lipinski definition) is 3. The number of halogens is 3. The summed E-state index contributed by atoms with van der Waals surface area (Å²) >= 11 is -4.53. The zero-order valence-corrected chi connectivity index (χ0v) is 47.4. The Kier molecular flexibility index (Phi) is 27.1. The number of hydrogen-bond acceptors (Lipinski definition) is 5. The molecule has 0 aliphatic heterocycles. The first-order valence-corrected chi connectivity index (χ1v) is 34.3. The van der Waals surface area contributed by atoms with Gasteiger partial charge in [-0.25, -0.2) is 10.1 Å². The molecule has 0 fully saturated rings. The van der Waals surface area contributed by atoms with Gasteiger partial charge in [0.25, 0.3) is 11.5 Å². The van der Waals surface area contributed by atoms with Gasteiger partial charge in [-0.15, -0.1) is 0 Å². The second kappa shape index (κ2) is 33.2. The zero-order valence-electron chi connectivity index (χ0n) is 39.6. The van der Waals surface area contributed by atoms with E-state index in [9.17, 15) is 9.59 Å². The van der Waals surface area contributed by atoms with E-state index in [1.54, 1.807) is 33.6 Å². The van der Waals surface area contributed by atoms with E-state index in [2.05, 4.69) is 193 Å². The molecule has 0 saturated carbocycles. The molecule has 0 bridgehead atoms. The van der Waals surface area contributed by atoms with Crippen LogP contribution in [0.3, 0.4) is 0 Å². The summed E-state index contributed by atoms with van der Waals surface area (Å²) < 4.78 is 12.2. The molecule has 0 unspecified atom stereocenters. The average Bonchev–Trinajstić information content (AvgIpc) is 3.65. The Labute approximate surface area is 444 Å².